The predicted molar refractivity (Wildman–Crippen MR) is 68.2 cm³/mol. The second-order valence-electron chi connectivity index (χ2n) is 3.69. The van der Waals surface area contributed by atoms with E-state index in [0.29, 0.717) is 0 Å². The first-order valence-electron chi connectivity index (χ1n) is 5.36. The van der Waals surface area contributed by atoms with Crippen molar-refractivity contribution in [2.75, 3.05) is 0 Å². The van der Waals surface area contributed by atoms with Crippen molar-refractivity contribution in [3.05, 3.63) is 40.9 Å². The molecule has 16 heavy (non-hydrogen) atoms. The van der Waals surface area contributed by atoms with Gasteiger partial charge in [0, 0.05) is 6.04 Å². The lowest BCUT2D eigenvalue weighted by molar-refractivity contribution is -0.117. The van der Waals surface area contributed by atoms with Crippen LogP contribution in [0.25, 0.3) is 6.08 Å². The molecule has 86 valence electrons. The highest BCUT2D eigenvalue weighted by molar-refractivity contribution is 6.44. The number of rotatable bonds is 4. The Bertz CT molecular complexity index is 373. The Morgan fingerprint density at radius 3 is 2.62 bits per heavy atom. The largest absolute Gasteiger partial charge is 0.349 e. The van der Waals surface area contributed by atoms with E-state index in [1.54, 1.807) is 6.08 Å². The molecule has 0 aromatic heterocycles. The van der Waals surface area contributed by atoms with Crippen LogP contribution in [0.1, 0.15) is 25.8 Å². The summed E-state index contributed by atoms with van der Waals surface area (Å²) in [7, 11) is 0. The number of halogens is 1. The number of carbonyl (C=O) groups excluding carboxylic acids is 1. The van der Waals surface area contributed by atoms with Crippen molar-refractivity contribution in [1.82, 2.24) is 5.32 Å². The number of hydrogen-bond acceptors (Lipinski definition) is 1. The van der Waals surface area contributed by atoms with Gasteiger partial charge in [-0.05, 0) is 25.0 Å². The minimum atomic E-state index is -0.222. The topological polar surface area (TPSA) is 29.1 Å². The number of amides is 1. The minimum absolute atomic E-state index is 0.144. The fourth-order valence-electron chi connectivity index (χ4n) is 1.16. The van der Waals surface area contributed by atoms with Crippen molar-refractivity contribution in [2.45, 2.75) is 26.3 Å². The predicted octanol–water partition coefficient (Wildman–Crippen LogP) is 3.18. The summed E-state index contributed by atoms with van der Waals surface area (Å²) in [6.45, 7) is 3.96. The second kappa shape index (κ2) is 6.33. The van der Waals surface area contributed by atoms with E-state index in [-0.39, 0.29) is 17.0 Å². The van der Waals surface area contributed by atoms with Crippen molar-refractivity contribution in [1.29, 1.82) is 0 Å². The van der Waals surface area contributed by atoms with Crippen LogP contribution in [0, 0.1) is 0 Å². The maximum absolute atomic E-state index is 11.6. The molecule has 1 atom stereocenters. The zero-order valence-corrected chi connectivity index (χ0v) is 10.3. The molecule has 0 saturated heterocycles. The first-order valence-corrected chi connectivity index (χ1v) is 5.74. The molecule has 0 spiro atoms. The summed E-state index contributed by atoms with van der Waals surface area (Å²) in [4.78, 5) is 11.6. The third kappa shape index (κ3) is 4.07. The number of carbonyl (C=O) groups is 1. The van der Waals surface area contributed by atoms with Gasteiger partial charge in [0.25, 0.3) is 5.91 Å². The van der Waals surface area contributed by atoms with Crippen molar-refractivity contribution < 1.29 is 4.79 Å². The lowest BCUT2D eigenvalue weighted by Crippen LogP contribution is -2.31. The molecule has 0 aliphatic carbocycles. The third-order valence-electron chi connectivity index (χ3n) is 2.30. The van der Waals surface area contributed by atoms with E-state index in [1.165, 1.54) is 0 Å². The molecule has 0 aliphatic rings. The average molecular weight is 238 g/mol. The van der Waals surface area contributed by atoms with Crippen molar-refractivity contribution in [2.24, 2.45) is 0 Å². The molecule has 0 aliphatic heterocycles. The maximum atomic E-state index is 11.6. The lowest BCUT2D eigenvalue weighted by atomic mass is 10.2. The normalized spacial score (nSPS) is 13.3. The van der Waals surface area contributed by atoms with Gasteiger partial charge in [0.05, 0.1) is 0 Å². The molecule has 0 heterocycles. The summed E-state index contributed by atoms with van der Waals surface area (Å²) in [5, 5.41) is 3.02. The molecule has 0 fully saturated rings. The van der Waals surface area contributed by atoms with Gasteiger partial charge in [-0.25, -0.2) is 0 Å². The van der Waals surface area contributed by atoms with Gasteiger partial charge in [0.15, 0.2) is 0 Å². The van der Waals surface area contributed by atoms with E-state index in [0.717, 1.165) is 12.0 Å². The molecular formula is C13H16ClNO. The molecule has 0 bridgehead atoms. The molecule has 1 unspecified atom stereocenters. The number of benzene rings is 1. The van der Waals surface area contributed by atoms with Crippen LogP contribution in [-0.4, -0.2) is 11.9 Å². The Labute approximate surface area is 101 Å². The highest BCUT2D eigenvalue weighted by Crippen LogP contribution is 2.10. The number of nitrogens with one attached hydrogen (secondary N) is 1. The summed E-state index contributed by atoms with van der Waals surface area (Å²) >= 11 is 5.92. The van der Waals surface area contributed by atoms with Crippen LogP contribution >= 0.6 is 11.6 Å². The van der Waals surface area contributed by atoms with E-state index < -0.39 is 0 Å². The fraction of sp³-hybridized carbons (Fsp3) is 0.308. The average Bonchev–Trinajstić information content (AvgIpc) is 2.30. The van der Waals surface area contributed by atoms with Gasteiger partial charge in [-0.3, -0.25) is 4.79 Å². The van der Waals surface area contributed by atoms with Crippen molar-refractivity contribution in [3.8, 4) is 0 Å². The summed E-state index contributed by atoms with van der Waals surface area (Å²) < 4.78 is 0. The Balaban J connectivity index is 2.67. The standard InChI is InChI=1S/C13H16ClNO/c1-3-10(2)15-13(16)12(14)9-11-7-5-4-6-8-11/h4-10H,3H2,1-2H3,(H,15,16)/b12-9+. The van der Waals surface area contributed by atoms with Gasteiger partial charge in [-0.1, -0.05) is 48.9 Å². The number of hydrogen-bond donors (Lipinski definition) is 1. The maximum Gasteiger partial charge on any atom is 0.263 e. The van der Waals surface area contributed by atoms with Crippen molar-refractivity contribution in [3.63, 3.8) is 0 Å². The molecule has 1 aromatic carbocycles. The molecule has 1 N–H and O–H groups in total. The highest BCUT2D eigenvalue weighted by Gasteiger charge is 2.08. The molecule has 0 radical (unpaired) electrons. The van der Waals surface area contributed by atoms with E-state index in [1.807, 2.05) is 44.2 Å². The smallest absolute Gasteiger partial charge is 0.263 e. The van der Waals surface area contributed by atoms with Crippen LogP contribution in [0.4, 0.5) is 0 Å². The third-order valence-corrected chi connectivity index (χ3v) is 2.58. The summed E-state index contributed by atoms with van der Waals surface area (Å²) in [5.41, 5.74) is 0.923. The molecule has 3 heteroatoms. The molecule has 2 nitrogen and oxygen atoms in total. The Hall–Kier alpha value is -1.28. The fourth-order valence-corrected chi connectivity index (χ4v) is 1.34. The van der Waals surface area contributed by atoms with Crippen LogP contribution in [0.15, 0.2) is 35.4 Å². The van der Waals surface area contributed by atoms with Gasteiger partial charge in [-0.15, -0.1) is 0 Å². The summed E-state index contributed by atoms with van der Waals surface area (Å²) in [6, 6.07) is 9.68. The Morgan fingerprint density at radius 2 is 2.06 bits per heavy atom. The van der Waals surface area contributed by atoms with Crippen LogP contribution in [-0.2, 0) is 4.79 Å². The SMILES string of the molecule is CCC(C)NC(=O)/C(Cl)=C\c1ccccc1. The lowest BCUT2D eigenvalue weighted by Gasteiger charge is -2.10. The molecule has 1 rings (SSSR count). The van der Waals surface area contributed by atoms with Crippen LogP contribution in [0.2, 0.25) is 0 Å². The molecule has 1 amide bonds. The first-order chi connectivity index (χ1) is 7.63. The van der Waals surface area contributed by atoms with Gasteiger partial charge >= 0.3 is 0 Å². The van der Waals surface area contributed by atoms with Crippen LogP contribution < -0.4 is 5.32 Å². The summed E-state index contributed by atoms with van der Waals surface area (Å²) in [6.07, 6.45) is 2.56. The summed E-state index contributed by atoms with van der Waals surface area (Å²) in [5.74, 6) is -0.222. The Morgan fingerprint density at radius 1 is 1.44 bits per heavy atom. The van der Waals surface area contributed by atoms with Crippen LogP contribution in [0.3, 0.4) is 0 Å². The van der Waals surface area contributed by atoms with Gasteiger partial charge in [-0.2, -0.15) is 0 Å². The molecular weight excluding hydrogens is 222 g/mol. The van der Waals surface area contributed by atoms with Gasteiger partial charge < -0.3 is 5.32 Å². The molecule has 0 saturated carbocycles. The van der Waals surface area contributed by atoms with Gasteiger partial charge in [0.2, 0.25) is 0 Å². The highest BCUT2D eigenvalue weighted by atomic mass is 35.5. The van der Waals surface area contributed by atoms with E-state index >= 15 is 0 Å². The zero-order chi connectivity index (χ0) is 12.0. The van der Waals surface area contributed by atoms with Gasteiger partial charge in [0.1, 0.15) is 5.03 Å². The monoisotopic (exact) mass is 237 g/mol. The van der Waals surface area contributed by atoms with Crippen LogP contribution in [0.5, 0.6) is 0 Å². The first kappa shape index (κ1) is 12.8. The van der Waals surface area contributed by atoms with E-state index in [4.69, 9.17) is 11.6 Å². The second-order valence-corrected chi connectivity index (χ2v) is 4.09. The van der Waals surface area contributed by atoms with E-state index in [2.05, 4.69) is 5.32 Å². The minimum Gasteiger partial charge on any atom is -0.349 e. The Kier molecular flexibility index (Phi) is 5.06. The zero-order valence-electron chi connectivity index (χ0n) is 9.53. The quantitative estimate of drug-likeness (QED) is 0.801. The molecule has 1 aromatic rings. The van der Waals surface area contributed by atoms with E-state index in [9.17, 15) is 4.79 Å². The van der Waals surface area contributed by atoms with Crippen molar-refractivity contribution >= 4 is 23.6 Å².